The van der Waals surface area contributed by atoms with Crippen molar-refractivity contribution in [2.75, 3.05) is 45.1 Å². The Bertz CT molecular complexity index is 784. The van der Waals surface area contributed by atoms with Crippen LogP contribution in [0, 0.1) is 0 Å². The first kappa shape index (κ1) is 17.5. The van der Waals surface area contributed by atoms with Crippen LogP contribution in [0.1, 0.15) is 6.92 Å². The molecule has 1 fully saturated rings. The van der Waals surface area contributed by atoms with Gasteiger partial charge in [-0.25, -0.2) is 8.42 Å². The maximum absolute atomic E-state index is 12.5. The van der Waals surface area contributed by atoms with E-state index in [0.717, 1.165) is 0 Å². The Balaban J connectivity index is 1.67. The molecule has 25 heavy (non-hydrogen) atoms. The number of carbonyl (C=O) groups excluding carboxylic acids is 2. The summed E-state index contributed by atoms with van der Waals surface area (Å²) in [6.07, 6.45) is 0. The van der Waals surface area contributed by atoms with Gasteiger partial charge >= 0.3 is 0 Å². The van der Waals surface area contributed by atoms with Crippen LogP contribution in [-0.4, -0.2) is 75.2 Å². The predicted octanol–water partition coefficient (Wildman–Crippen LogP) is -0.0778. The van der Waals surface area contributed by atoms with E-state index in [-0.39, 0.29) is 10.8 Å². The standard InChI is InChI=1S/C16H20N2O6S/c1-12(19)17-4-6-18(7-5-17)16(20)11-25(21,22)13-2-3-14-15(10-13)24-9-8-23-14/h2-3,10H,4-9,11H2,1H3. The average Bonchev–Trinajstić information content (AvgIpc) is 2.61. The summed E-state index contributed by atoms with van der Waals surface area (Å²) in [5.74, 6) is -0.243. The highest BCUT2D eigenvalue weighted by Crippen LogP contribution is 2.32. The Kier molecular flexibility index (Phi) is 4.85. The third-order valence-electron chi connectivity index (χ3n) is 4.26. The Labute approximate surface area is 146 Å². The molecule has 0 saturated carbocycles. The predicted molar refractivity (Wildman–Crippen MR) is 88.3 cm³/mol. The number of carbonyl (C=O) groups is 2. The van der Waals surface area contributed by atoms with Crippen molar-refractivity contribution in [1.82, 2.24) is 9.80 Å². The average molecular weight is 368 g/mol. The molecule has 8 nitrogen and oxygen atoms in total. The zero-order valence-electron chi connectivity index (χ0n) is 13.9. The molecule has 0 bridgehead atoms. The summed E-state index contributed by atoms with van der Waals surface area (Å²) < 4.78 is 35.8. The fraction of sp³-hybridized carbons (Fsp3) is 0.500. The number of nitrogens with zero attached hydrogens (tertiary/aromatic N) is 2. The van der Waals surface area contributed by atoms with Gasteiger partial charge in [-0.05, 0) is 12.1 Å². The topological polar surface area (TPSA) is 93.2 Å². The van der Waals surface area contributed by atoms with Gasteiger partial charge in [-0.2, -0.15) is 0 Å². The number of piperazine rings is 1. The van der Waals surface area contributed by atoms with Gasteiger partial charge in [0.2, 0.25) is 11.8 Å². The van der Waals surface area contributed by atoms with E-state index in [2.05, 4.69) is 0 Å². The van der Waals surface area contributed by atoms with Gasteiger partial charge < -0.3 is 19.3 Å². The first-order chi connectivity index (χ1) is 11.9. The van der Waals surface area contributed by atoms with Crippen LogP contribution in [0.25, 0.3) is 0 Å². The van der Waals surface area contributed by atoms with Gasteiger partial charge in [0.1, 0.15) is 19.0 Å². The Hall–Kier alpha value is -2.29. The van der Waals surface area contributed by atoms with Crippen LogP contribution in [0.3, 0.4) is 0 Å². The Morgan fingerprint density at radius 1 is 1.00 bits per heavy atom. The molecule has 0 radical (unpaired) electrons. The smallest absolute Gasteiger partial charge is 0.238 e. The molecule has 136 valence electrons. The molecule has 1 saturated heterocycles. The van der Waals surface area contributed by atoms with E-state index in [1.807, 2.05) is 0 Å². The molecule has 0 atom stereocenters. The van der Waals surface area contributed by atoms with Crippen molar-refractivity contribution >= 4 is 21.7 Å². The normalized spacial score (nSPS) is 17.3. The number of benzene rings is 1. The number of amides is 2. The van der Waals surface area contributed by atoms with Crippen molar-refractivity contribution in [3.05, 3.63) is 18.2 Å². The van der Waals surface area contributed by atoms with Gasteiger partial charge in [0, 0.05) is 39.2 Å². The van der Waals surface area contributed by atoms with Crippen LogP contribution in [0.15, 0.2) is 23.1 Å². The van der Waals surface area contributed by atoms with E-state index in [9.17, 15) is 18.0 Å². The second-order valence-corrected chi connectivity index (χ2v) is 7.94. The molecule has 3 rings (SSSR count). The number of hydrogen-bond acceptors (Lipinski definition) is 6. The molecule has 2 amide bonds. The van der Waals surface area contributed by atoms with E-state index >= 15 is 0 Å². The molecular formula is C16H20N2O6S. The highest BCUT2D eigenvalue weighted by Gasteiger charge is 2.28. The molecule has 2 heterocycles. The van der Waals surface area contributed by atoms with E-state index in [0.29, 0.717) is 50.9 Å². The maximum atomic E-state index is 12.5. The Morgan fingerprint density at radius 3 is 2.24 bits per heavy atom. The highest BCUT2D eigenvalue weighted by atomic mass is 32.2. The monoisotopic (exact) mass is 368 g/mol. The summed E-state index contributed by atoms with van der Waals surface area (Å²) in [5, 5.41) is 0. The van der Waals surface area contributed by atoms with Crippen molar-refractivity contribution < 1.29 is 27.5 Å². The van der Waals surface area contributed by atoms with Crippen LogP contribution in [0.2, 0.25) is 0 Å². The fourth-order valence-electron chi connectivity index (χ4n) is 2.83. The highest BCUT2D eigenvalue weighted by molar-refractivity contribution is 7.92. The van der Waals surface area contributed by atoms with Gasteiger partial charge in [-0.15, -0.1) is 0 Å². The lowest BCUT2D eigenvalue weighted by molar-refractivity contribution is -0.136. The summed E-state index contributed by atoms with van der Waals surface area (Å²) in [7, 11) is -3.78. The largest absolute Gasteiger partial charge is 0.486 e. The summed E-state index contributed by atoms with van der Waals surface area (Å²) in [5.41, 5.74) is 0. The zero-order valence-corrected chi connectivity index (χ0v) is 14.8. The van der Waals surface area contributed by atoms with Crippen molar-refractivity contribution in [2.24, 2.45) is 0 Å². The lowest BCUT2D eigenvalue weighted by Gasteiger charge is -2.34. The van der Waals surface area contributed by atoms with Gasteiger partial charge in [0.25, 0.3) is 0 Å². The van der Waals surface area contributed by atoms with E-state index in [1.165, 1.54) is 30.0 Å². The Morgan fingerprint density at radius 2 is 1.60 bits per heavy atom. The van der Waals surface area contributed by atoms with Crippen molar-refractivity contribution in [1.29, 1.82) is 0 Å². The molecule has 2 aliphatic rings. The van der Waals surface area contributed by atoms with Crippen molar-refractivity contribution in [3.63, 3.8) is 0 Å². The summed E-state index contributed by atoms with van der Waals surface area (Å²) >= 11 is 0. The lowest BCUT2D eigenvalue weighted by Crippen LogP contribution is -2.51. The van der Waals surface area contributed by atoms with Crippen LogP contribution in [-0.2, 0) is 19.4 Å². The molecule has 2 aliphatic heterocycles. The quantitative estimate of drug-likeness (QED) is 0.741. The van der Waals surface area contributed by atoms with Crippen LogP contribution < -0.4 is 9.47 Å². The van der Waals surface area contributed by atoms with Crippen molar-refractivity contribution in [3.8, 4) is 11.5 Å². The fourth-order valence-corrected chi connectivity index (χ4v) is 4.06. The van der Waals surface area contributed by atoms with E-state index < -0.39 is 21.5 Å². The molecule has 0 spiro atoms. The molecule has 1 aromatic carbocycles. The molecule has 9 heteroatoms. The number of sulfone groups is 1. The second kappa shape index (κ2) is 6.91. The molecule has 0 N–H and O–H groups in total. The van der Waals surface area contributed by atoms with Gasteiger partial charge in [0.05, 0.1) is 4.90 Å². The van der Waals surface area contributed by atoms with Crippen LogP contribution in [0.5, 0.6) is 11.5 Å². The van der Waals surface area contributed by atoms with Gasteiger partial charge in [0.15, 0.2) is 21.3 Å². The summed E-state index contributed by atoms with van der Waals surface area (Å²) in [6.45, 7) is 3.78. The third-order valence-corrected chi connectivity index (χ3v) is 5.86. The zero-order chi connectivity index (χ0) is 18.0. The number of ether oxygens (including phenoxy) is 2. The first-order valence-corrected chi connectivity index (χ1v) is 9.68. The summed E-state index contributed by atoms with van der Waals surface area (Å²) in [4.78, 5) is 26.8. The minimum Gasteiger partial charge on any atom is -0.486 e. The van der Waals surface area contributed by atoms with Crippen molar-refractivity contribution in [2.45, 2.75) is 11.8 Å². The molecule has 1 aromatic rings. The number of hydrogen-bond donors (Lipinski definition) is 0. The maximum Gasteiger partial charge on any atom is 0.238 e. The second-order valence-electron chi connectivity index (χ2n) is 5.95. The minimum atomic E-state index is -3.78. The number of rotatable bonds is 3. The third kappa shape index (κ3) is 3.87. The molecule has 0 aliphatic carbocycles. The summed E-state index contributed by atoms with van der Waals surface area (Å²) in [6, 6.07) is 4.35. The lowest BCUT2D eigenvalue weighted by atomic mass is 10.3. The first-order valence-electron chi connectivity index (χ1n) is 8.02. The van der Waals surface area contributed by atoms with Crippen LogP contribution >= 0.6 is 0 Å². The molecule has 0 aromatic heterocycles. The van der Waals surface area contributed by atoms with E-state index in [1.54, 1.807) is 4.90 Å². The van der Waals surface area contributed by atoms with Gasteiger partial charge in [-0.1, -0.05) is 0 Å². The minimum absolute atomic E-state index is 0.0347. The SMILES string of the molecule is CC(=O)N1CCN(C(=O)CS(=O)(=O)c2ccc3c(c2)OCCO3)CC1. The molecular weight excluding hydrogens is 348 g/mol. The van der Waals surface area contributed by atoms with E-state index in [4.69, 9.17) is 9.47 Å². The van der Waals surface area contributed by atoms with Gasteiger partial charge in [-0.3, -0.25) is 9.59 Å². The molecule has 0 unspecified atom stereocenters. The van der Waals surface area contributed by atoms with Crippen LogP contribution in [0.4, 0.5) is 0 Å². The number of fused-ring (bicyclic) bond motifs is 1.